The van der Waals surface area contributed by atoms with Crippen LogP contribution >= 0.6 is 0 Å². The van der Waals surface area contributed by atoms with Gasteiger partial charge in [0.25, 0.3) is 0 Å². The van der Waals surface area contributed by atoms with Crippen LogP contribution in [0.5, 0.6) is 5.75 Å². The van der Waals surface area contributed by atoms with E-state index in [-0.39, 0.29) is 5.92 Å². The fraction of sp³-hybridized carbons (Fsp3) is 0.409. The highest BCUT2D eigenvalue weighted by atomic mass is 16.5. The number of hydrogen-bond donors (Lipinski definition) is 1. The molecule has 0 amide bonds. The maximum atomic E-state index is 12.7. The fourth-order valence-electron chi connectivity index (χ4n) is 3.40. The summed E-state index contributed by atoms with van der Waals surface area (Å²) in [5, 5.41) is 3.35. The van der Waals surface area contributed by atoms with Crippen LogP contribution in [0.15, 0.2) is 30.5 Å². The first kappa shape index (κ1) is 19.4. The molecule has 0 saturated heterocycles. The lowest BCUT2D eigenvalue weighted by Crippen LogP contribution is -2.18. The third kappa shape index (κ3) is 3.96. The third-order valence-electron chi connectivity index (χ3n) is 4.87. The number of carbonyl (C=O) groups excluding carboxylic acids is 1. The van der Waals surface area contributed by atoms with Gasteiger partial charge in [-0.15, -0.1) is 0 Å². The Labute approximate surface area is 170 Å². The van der Waals surface area contributed by atoms with Gasteiger partial charge in [0.05, 0.1) is 12.1 Å². The van der Waals surface area contributed by atoms with Gasteiger partial charge in [-0.2, -0.15) is 0 Å². The van der Waals surface area contributed by atoms with E-state index < -0.39 is 6.09 Å². The highest BCUT2D eigenvalue weighted by Crippen LogP contribution is 2.29. The predicted octanol–water partition coefficient (Wildman–Crippen LogP) is 3.78. The van der Waals surface area contributed by atoms with Crippen LogP contribution in [0.1, 0.15) is 32.2 Å². The first-order chi connectivity index (χ1) is 14.1. The van der Waals surface area contributed by atoms with Gasteiger partial charge in [0.2, 0.25) is 0 Å². The molecule has 0 bridgehead atoms. The molecule has 0 radical (unpaired) electrons. The van der Waals surface area contributed by atoms with Crippen LogP contribution in [-0.4, -0.2) is 40.4 Å². The Morgan fingerprint density at radius 3 is 2.97 bits per heavy atom. The van der Waals surface area contributed by atoms with Crippen molar-refractivity contribution >= 4 is 17.3 Å². The summed E-state index contributed by atoms with van der Waals surface area (Å²) in [6.45, 7) is 8.61. The minimum Gasteiger partial charge on any atom is -0.492 e. The van der Waals surface area contributed by atoms with Crippen molar-refractivity contribution in [2.45, 2.75) is 33.7 Å². The smallest absolute Gasteiger partial charge is 0.420 e. The second-order valence-electron chi connectivity index (χ2n) is 7.60. The first-order valence-electron chi connectivity index (χ1n) is 10.1. The molecule has 0 fully saturated rings. The van der Waals surface area contributed by atoms with Crippen molar-refractivity contribution in [2.24, 2.45) is 5.92 Å². The summed E-state index contributed by atoms with van der Waals surface area (Å²) in [5.41, 5.74) is 4.26. The number of rotatable bonds is 4. The number of nitrogens with zero attached hydrogens (tertiary/aromatic N) is 3. The highest BCUT2D eigenvalue weighted by Gasteiger charge is 2.19. The van der Waals surface area contributed by atoms with Gasteiger partial charge in [-0.3, -0.25) is 0 Å². The Bertz CT molecular complexity index is 1040. The molecule has 1 aromatic carbocycles. The second-order valence-corrected chi connectivity index (χ2v) is 7.60. The molecule has 1 aliphatic heterocycles. The van der Waals surface area contributed by atoms with E-state index in [0.717, 1.165) is 35.5 Å². The van der Waals surface area contributed by atoms with E-state index in [1.54, 1.807) is 10.8 Å². The van der Waals surface area contributed by atoms with Crippen molar-refractivity contribution in [1.29, 1.82) is 0 Å². The van der Waals surface area contributed by atoms with E-state index in [2.05, 4.69) is 21.4 Å². The molecule has 152 valence electrons. The van der Waals surface area contributed by atoms with E-state index >= 15 is 0 Å². The van der Waals surface area contributed by atoms with E-state index in [1.807, 2.05) is 39.0 Å². The number of aromatic nitrogens is 3. The molecule has 0 unspecified atom stereocenters. The van der Waals surface area contributed by atoms with Gasteiger partial charge in [-0.25, -0.2) is 19.3 Å². The lowest BCUT2D eigenvalue weighted by molar-refractivity contribution is 0.135. The number of carbonyl (C=O) groups is 1. The van der Waals surface area contributed by atoms with Gasteiger partial charge in [0, 0.05) is 36.8 Å². The number of imidazole rings is 1. The van der Waals surface area contributed by atoms with Crippen LogP contribution in [0.25, 0.3) is 22.3 Å². The van der Waals surface area contributed by atoms with Crippen LogP contribution in [0.2, 0.25) is 0 Å². The Kier molecular flexibility index (Phi) is 5.49. The van der Waals surface area contributed by atoms with Crippen LogP contribution in [0, 0.1) is 5.92 Å². The Morgan fingerprint density at radius 2 is 2.17 bits per heavy atom. The van der Waals surface area contributed by atoms with Crippen LogP contribution < -0.4 is 10.1 Å². The number of fused-ring (bicyclic) bond motifs is 2. The maximum absolute atomic E-state index is 12.7. The SMILES string of the molecule is CCc1nc2ncc(-c3ccc4c(c3)CNCCO4)cc2n1C(=O)OCC(C)C. The van der Waals surface area contributed by atoms with Crippen molar-refractivity contribution in [3.8, 4) is 16.9 Å². The molecular weight excluding hydrogens is 368 g/mol. The summed E-state index contributed by atoms with van der Waals surface area (Å²) in [6, 6.07) is 8.08. The molecule has 0 spiro atoms. The average Bonchev–Trinajstić information content (AvgIpc) is 2.93. The van der Waals surface area contributed by atoms with Crippen LogP contribution in [-0.2, 0) is 17.7 Å². The normalized spacial score (nSPS) is 13.8. The topological polar surface area (TPSA) is 78.3 Å². The zero-order valence-corrected chi connectivity index (χ0v) is 17.1. The first-order valence-corrected chi connectivity index (χ1v) is 10.1. The maximum Gasteiger partial charge on any atom is 0.420 e. The predicted molar refractivity (Wildman–Crippen MR) is 111 cm³/mol. The minimum atomic E-state index is -0.406. The van der Waals surface area contributed by atoms with Gasteiger partial charge >= 0.3 is 6.09 Å². The van der Waals surface area contributed by atoms with Crippen molar-refractivity contribution in [3.63, 3.8) is 0 Å². The monoisotopic (exact) mass is 394 g/mol. The lowest BCUT2D eigenvalue weighted by atomic mass is 10.0. The molecule has 0 atom stereocenters. The van der Waals surface area contributed by atoms with Crippen molar-refractivity contribution in [1.82, 2.24) is 19.9 Å². The Morgan fingerprint density at radius 1 is 1.31 bits per heavy atom. The van der Waals surface area contributed by atoms with Gasteiger partial charge in [0.15, 0.2) is 5.65 Å². The van der Waals surface area contributed by atoms with Crippen molar-refractivity contribution in [2.75, 3.05) is 19.8 Å². The molecule has 0 aliphatic carbocycles. The van der Waals surface area contributed by atoms with Crippen LogP contribution in [0.4, 0.5) is 4.79 Å². The van der Waals surface area contributed by atoms with Crippen molar-refractivity contribution in [3.05, 3.63) is 41.9 Å². The molecule has 3 heterocycles. The molecule has 1 N–H and O–H groups in total. The summed E-state index contributed by atoms with van der Waals surface area (Å²) in [6.07, 6.45) is 2.01. The highest BCUT2D eigenvalue weighted by molar-refractivity contribution is 5.88. The van der Waals surface area contributed by atoms with Gasteiger partial charge in [-0.1, -0.05) is 26.8 Å². The molecular formula is C22H26N4O3. The summed E-state index contributed by atoms with van der Waals surface area (Å²) in [5.74, 6) is 1.82. The number of aryl methyl sites for hydroxylation is 1. The standard InChI is InChI=1S/C22H26N4O3/c1-4-20-25-21-18(26(20)22(27)29-13-14(2)3)10-16(12-24-21)15-5-6-19-17(9-15)11-23-7-8-28-19/h5-6,9-10,12,14,23H,4,7-8,11,13H2,1-3H3. The fourth-order valence-corrected chi connectivity index (χ4v) is 3.40. The van der Waals surface area contributed by atoms with Gasteiger partial charge in [-0.05, 0) is 29.7 Å². The molecule has 2 aromatic heterocycles. The molecule has 3 aromatic rings. The van der Waals surface area contributed by atoms with E-state index in [0.29, 0.717) is 36.6 Å². The number of hydrogen-bond acceptors (Lipinski definition) is 6. The summed E-state index contributed by atoms with van der Waals surface area (Å²) in [4.78, 5) is 21.8. The molecule has 7 nitrogen and oxygen atoms in total. The van der Waals surface area contributed by atoms with E-state index in [1.165, 1.54) is 0 Å². The molecule has 7 heteroatoms. The summed E-state index contributed by atoms with van der Waals surface area (Å²) < 4.78 is 12.8. The zero-order chi connectivity index (χ0) is 20.4. The number of ether oxygens (including phenoxy) is 2. The number of benzene rings is 1. The van der Waals surface area contributed by atoms with Gasteiger partial charge < -0.3 is 14.8 Å². The second kappa shape index (κ2) is 8.21. The molecule has 0 saturated carbocycles. The number of pyridine rings is 1. The third-order valence-corrected chi connectivity index (χ3v) is 4.87. The largest absolute Gasteiger partial charge is 0.492 e. The summed E-state index contributed by atoms with van der Waals surface area (Å²) in [7, 11) is 0. The zero-order valence-electron chi connectivity index (χ0n) is 17.1. The average molecular weight is 394 g/mol. The Hall–Kier alpha value is -2.93. The Balaban J connectivity index is 1.74. The van der Waals surface area contributed by atoms with E-state index in [9.17, 15) is 4.79 Å². The minimum absolute atomic E-state index is 0.267. The molecule has 29 heavy (non-hydrogen) atoms. The molecule has 4 rings (SSSR count). The molecule has 1 aliphatic rings. The van der Waals surface area contributed by atoms with E-state index in [4.69, 9.17) is 9.47 Å². The lowest BCUT2D eigenvalue weighted by Gasteiger charge is -2.11. The quantitative estimate of drug-likeness (QED) is 0.725. The number of nitrogens with one attached hydrogen (secondary N) is 1. The van der Waals surface area contributed by atoms with Gasteiger partial charge in [0.1, 0.15) is 18.2 Å². The van der Waals surface area contributed by atoms with Crippen LogP contribution in [0.3, 0.4) is 0 Å². The summed E-state index contributed by atoms with van der Waals surface area (Å²) >= 11 is 0. The van der Waals surface area contributed by atoms with Crippen molar-refractivity contribution < 1.29 is 14.3 Å².